The average Bonchev–Trinajstić information content (AvgIpc) is 3.55. The van der Waals surface area contributed by atoms with Crippen LogP contribution < -0.4 is 25.2 Å². The van der Waals surface area contributed by atoms with Gasteiger partial charge in [-0.3, -0.25) is 9.59 Å². The second-order valence-electron chi connectivity index (χ2n) is 9.37. The predicted octanol–water partition coefficient (Wildman–Crippen LogP) is 3.48. The van der Waals surface area contributed by atoms with Crippen LogP contribution in [-0.4, -0.2) is 55.1 Å². The molecule has 180 valence electrons. The molecule has 0 radical (unpaired) electrons. The Hall–Kier alpha value is -3.36. The molecule has 2 amide bonds. The molecule has 9 nitrogen and oxygen atoms in total. The largest absolute Gasteiger partial charge is 0.495 e. The van der Waals surface area contributed by atoms with E-state index in [1.807, 2.05) is 7.05 Å². The van der Waals surface area contributed by atoms with Crippen molar-refractivity contribution in [2.75, 3.05) is 36.3 Å². The lowest BCUT2D eigenvalue weighted by Crippen LogP contribution is -2.46. The molecule has 1 aromatic carbocycles. The Balaban J connectivity index is 1.53. The van der Waals surface area contributed by atoms with E-state index in [1.165, 1.54) is 12.8 Å². The Bertz CT molecular complexity index is 1100. The van der Waals surface area contributed by atoms with Crippen LogP contribution in [0.1, 0.15) is 55.3 Å². The summed E-state index contributed by atoms with van der Waals surface area (Å²) in [4.78, 5) is 39.0. The molecule has 0 bridgehead atoms. The zero-order valence-electron chi connectivity index (χ0n) is 20.0. The lowest BCUT2D eigenvalue weighted by molar-refractivity contribution is -0.122. The van der Waals surface area contributed by atoms with Crippen LogP contribution in [0.25, 0.3) is 0 Å². The maximum absolute atomic E-state index is 13.3. The molecule has 2 saturated carbocycles. The molecule has 2 heterocycles. The fourth-order valence-corrected chi connectivity index (χ4v) is 5.77. The Morgan fingerprint density at radius 1 is 1.15 bits per heavy atom. The molecule has 2 fully saturated rings. The minimum Gasteiger partial charge on any atom is -0.495 e. The van der Waals surface area contributed by atoms with Crippen LogP contribution in [0.3, 0.4) is 0 Å². The van der Waals surface area contributed by atoms with Gasteiger partial charge < -0.3 is 25.2 Å². The van der Waals surface area contributed by atoms with Crippen molar-refractivity contribution in [2.45, 2.75) is 57.0 Å². The highest BCUT2D eigenvalue weighted by Crippen LogP contribution is 2.45. The van der Waals surface area contributed by atoms with Crippen molar-refractivity contribution >= 4 is 35.0 Å². The van der Waals surface area contributed by atoms with E-state index in [9.17, 15) is 9.59 Å². The monoisotopic (exact) mass is 464 g/mol. The summed E-state index contributed by atoms with van der Waals surface area (Å²) in [6.45, 7) is 0. The van der Waals surface area contributed by atoms with Gasteiger partial charge in [0.1, 0.15) is 11.4 Å². The van der Waals surface area contributed by atoms with Crippen molar-refractivity contribution in [2.24, 2.45) is 5.92 Å². The Morgan fingerprint density at radius 3 is 2.68 bits per heavy atom. The maximum atomic E-state index is 13.3. The van der Waals surface area contributed by atoms with Gasteiger partial charge in [0.05, 0.1) is 24.9 Å². The Morgan fingerprint density at radius 2 is 1.94 bits per heavy atom. The number of benzene rings is 1. The molecule has 0 spiro atoms. The van der Waals surface area contributed by atoms with E-state index in [-0.39, 0.29) is 23.8 Å². The topological polar surface area (TPSA) is 99.7 Å². The number of amides is 2. The molecular weight excluding hydrogens is 432 g/mol. The summed E-state index contributed by atoms with van der Waals surface area (Å²) in [6, 6.07) is 5.78. The first-order valence-corrected chi connectivity index (χ1v) is 12.1. The highest BCUT2D eigenvalue weighted by atomic mass is 16.5. The number of carbonyl (C=O) groups is 2. The van der Waals surface area contributed by atoms with Gasteiger partial charge in [0.15, 0.2) is 5.82 Å². The van der Waals surface area contributed by atoms with Gasteiger partial charge in [0, 0.05) is 31.7 Å². The summed E-state index contributed by atoms with van der Waals surface area (Å²) in [5.41, 5.74) is 1.94. The van der Waals surface area contributed by atoms with E-state index >= 15 is 0 Å². The molecule has 5 rings (SSSR count). The molecule has 2 atom stereocenters. The minimum atomic E-state index is -0.183. The number of rotatable bonds is 5. The molecule has 2 aromatic rings. The van der Waals surface area contributed by atoms with Crippen molar-refractivity contribution in [3.8, 4) is 5.75 Å². The molecule has 9 heteroatoms. The lowest BCUT2D eigenvalue weighted by Gasteiger charge is -2.36. The van der Waals surface area contributed by atoms with E-state index < -0.39 is 0 Å². The zero-order valence-corrected chi connectivity index (χ0v) is 20.0. The highest BCUT2D eigenvalue weighted by Gasteiger charge is 2.45. The summed E-state index contributed by atoms with van der Waals surface area (Å²) < 4.78 is 5.51. The standard InChI is InChI=1S/C25H32N6O3/c1-26-23(32)15-11-12-18(21(13-15)34-3)28-25-27-14-20-22(29-25)31(16-7-4-5-8-16)19-10-6-9-17(19)24(33)30(20)2/h11-14,16-17,19H,4-10H2,1-3H3,(H,26,32)(H,27,28,29)/t17-,19+/m1/s1. The lowest BCUT2D eigenvalue weighted by atomic mass is 9.99. The molecule has 34 heavy (non-hydrogen) atoms. The van der Waals surface area contributed by atoms with E-state index in [1.54, 1.807) is 43.5 Å². The van der Waals surface area contributed by atoms with Gasteiger partial charge in [-0.25, -0.2) is 4.98 Å². The van der Waals surface area contributed by atoms with Gasteiger partial charge in [-0.15, -0.1) is 0 Å². The number of methoxy groups -OCH3 is 1. The van der Waals surface area contributed by atoms with E-state index in [0.29, 0.717) is 29.0 Å². The first-order valence-electron chi connectivity index (χ1n) is 12.1. The number of anilines is 4. The number of aromatic nitrogens is 2. The number of carbonyl (C=O) groups excluding carboxylic acids is 2. The summed E-state index contributed by atoms with van der Waals surface area (Å²) in [6.07, 6.45) is 9.44. The number of hydrogen-bond acceptors (Lipinski definition) is 7. The van der Waals surface area contributed by atoms with Gasteiger partial charge in [-0.05, 0) is 43.9 Å². The van der Waals surface area contributed by atoms with Crippen molar-refractivity contribution in [1.82, 2.24) is 15.3 Å². The molecule has 3 aliphatic rings. The van der Waals surface area contributed by atoms with E-state index in [4.69, 9.17) is 9.72 Å². The molecular formula is C25H32N6O3. The molecule has 1 aliphatic heterocycles. The zero-order chi connectivity index (χ0) is 23.8. The Labute approximate surface area is 199 Å². The number of hydrogen-bond donors (Lipinski definition) is 2. The van der Waals surface area contributed by atoms with Crippen LogP contribution in [0.2, 0.25) is 0 Å². The van der Waals surface area contributed by atoms with E-state index in [2.05, 4.69) is 20.5 Å². The molecule has 1 aromatic heterocycles. The van der Waals surface area contributed by atoms with Crippen LogP contribution in [0.15, 0.2) is 24.4 Å². The summed E-state index contributed by atoms with van der Waals surface area (Å²) in [7, 11) is 5.00. The first-order chi connectivity index (χ1) is 16.5. The molecule has 0 unspecified atom stereocenters. The highest BCUT2D eigenvalue weighted by molar-refractivity contribution is 5.99. The third kappa shape index (κ3) is 3.82. The second kappa shape index (κ2) is 9.12. The number of ether oxygens (including phenoxy) is 1. The second-order valence-corrected chi connectivity index (χ2v) is 9.37. The Kier molecular flexibility index (Phi) is 6.02. The molecule has 0 saturated heterocycles. The normalized spacial score (nSPS) is 22.3. The van der Waals surface area contributed by atoms with Crippen LogP contribution in [0.5, 0.6) is 5.75 Å². The number of nitrogens with one attached hydrogen (secondary N) is 2. The predicted molar refractivity (Wildman–Crippen MR) is 131 cm³/mol. The smallest absolute Gasteiger partial charge is 0.251 e. The van der Waals surface area contributed by atoms with Gasteiger partial charge >= 0.3 is 0 Å². The fourth-order valence-electron chi connectivity index (χ4n) is 5.77. The molecule has 2 N–H and O–H groups in total. The van der Waals surface area contributed by atoms with Crippen LogP contribution >= 0.6 is 0 Å². The van der Waals surface area contributed by atoms with Crippen LogP contribution in [0.4, 0.5) is 23.1 Å². The summed E-state index contributed by atoms with van der Waals surface area (Å²) >= 11 is 0. The summed E-state index contributed by atoms with van der Waals surface area (Å²) in [5, 5.41) is 5.89. The van der Waals surface area contributed by atoms with Crippen LogP contribution in [0, 0.1) is 5.92 Å². The number of nitrogens with zero attached hydrogens (tertiary/aromatic N) is 4. The van der Waals surface area contributed by atoms with Crippen molar-refractivity contribution in [1.29, 1.82) is 0 Å². The average molecular weight is 465 g/mol. The molecule has 2 aliphatic carbocycles. The van der Waals surface area contributed by atoms with Crippen LogP contribution in [-0.2, 0) is 4.79 Å². The van der Waals surface area contributed by atoms with Crippen molar-refractivity contribution < 1.29 is 14.3 Å². The minimum absolute atomic E-state index is 0.00793. The number of fused-ring (bicyclic) bond motifs is 2. The van der Waals surface area contributed by atoms with Gasteiger partial charge in [-0.1, -0.05) is 19.3 Å². The quantitative estimate of drug-likeness (QED) is 0.699. The van der Waals surface area contributed by atoms with Gasteiger partial charge in [0.25, 0.3) is 5.91 Å². The third-order valence-corrected chi connectivity index (χ3v) is 7.50. The van der Waals surface area contributed by atoms with E-state index in [0.717, 1.165) is 43.6 Å². The fraction of sp³-hybridized carbons (Fsp3) is 0.520. The SMILES string of the molecule is CNC(=O)c1ccc(Nc2ncc3c(n2)N(C2CCCC2)[C@H]2CCC[C@H]2C(=O)N3C)c(OC)c1. The van der Waals surface area contributed by atoms with Gasteiger partial charge in [0.2, 0.25) is 11.9 Å². The first kappa shape index (κ1) is 22.4. The maximum Gasteiger partial charge on any atom is 0.251 e. The van der Waals surface area contributed by atoms with Crippen molar-refractivity contribution in [3.05, 3.63) is 30.0 Å². The summed E-state index contributed by atoms with van der Waals surface area (Å²) in [5.74, 6) is 1.78. The van der Waals surface area contributed by atoms with Gasteiger partial charge in [-0.2, -0.15) is 4.98 Å². The third-order valence-electron chi connectivity index (χ3n) is 7.50. The van der Waals surface area contributed by atoms with Crippen molar-refractivity contribution in [3.63, 3.8) is 0 Å².